The third-order valence-electron chi connectivity index (χ3n) is 3.92. The molecular weight excluding hydrogens is 453 g/mol. The normalized spacial score (nSPS) is 12.0. The van der Waals surface area contributed by atoms with E-state index in [0.717, 1.165) is 0 Å². The van der Waals surface area contributed by atoms with Crippen molar-refractivity contribution in [3.05, 3.63) is 17.5 Å². The van der Waals surface area contributed by atoms with Crippen LogP contribution in [0.5, 0.6) is 0 Å². The fraction of sp³-hybridized carbons (Fsp3) is 0.632. The zero-order valence-corrected chi connectivity index (χ0v) is 19.3. The van der Waals surface area contributed by atoms with Crippen LogP contribution < -0.4 is 10.2 Å². The number of carbonyl (C=O) groups is 2. The molecule has 2 N–H and O–H groups in total. The second-order valence-electron chi connectivity index (χ2n) is 6.71. The summed E-state index contributed by atoms with van der Waals surface area (Å²) in [6.45, 7) is 1.99. The van der Waals surface area contributed by atoms with Gasteiger partial charge in [0.05, 0.1) is 25.5 Å². The summed E-state index contributed by atoms with van der Waals surface area (Å²) < 4.78 is 53.2. The molecule has 1 heterocycles. The number of esters is 1. The van der Waals surface area contributed by atoms with Crippen LogP contribution in [-0.4, -0.2) is 86.7 Å². The number of nitrogens with one attached hydrogen (secondary N) is 2. The van der Waals surface area contributed by atoms with E-state index in [4.69, 9.17) is 26.4 Å². The molecule has 1 aromatic heterocycles. The van der Waals surface area contributed by atoms with E-state index in [1.807, 2.05) is 19.0 Å². The molecule has 0 fully saturated rings. The van der Waals surface area contributed by atoms with Crippen molar-refractivity contribution in [2.45, 2.75) is 32.9 Å². The molecule has 1 rings (SSSR count). The fourth-order valence-electron chi connectivity index (χ4n) is 2.63. The van der Waals surface area contributed by atoms with Gasteiger partial charge in [0.1, 0.15) is 18.5 Å². The van der Waals surface area contributed by atoms with Crippen molar-refractivity contribution >= 4 is 35.1 Å². The molecule has 0 aliphatic heterocycles. The maximum Gasteiger partial charge on any atom is 0.413 e. The highest BCUT2D eigenvalue weighted by Crippen LogP contribution is 2.24. The number of carbonyl (C=O) groups excluding carboxylic acids is 2. The fourth-order valence-corrected chi connectivity index (χ4v) is 2.90. The molecule has 0 aliphatic carbocycles. The molecule has 0 aliphatic rings. The van der Waals surface area contributed by atoms with E-state index in [-0.39, 0.29) is 42.9 Å². The lowest BCUT2D eigenvalue weighted by Crippen LogP contribution is -2.45. The van der Waals surface area contributed by atoms with Crippen molar-refractivity contribution < 1.29 is 37.0 Å². The third kappa shape index (κ3) is 8.63. The first-order chi connectivity index (χ1) is 15.1. The Labute approximate surface area is 190 Å². The smallest absolute Gasteiger partial charge is 0.413 e. The molecule has 1 atom stereocenters. The van der Waals surface area contributed by atoms with Gasteiger partial charge in [-0.2, -0.15) is 0 Å². The number of H-pyrrole nitrogens is 1. The van der Waals surface area contributed by atoms with Gasteiger partial charge in [0.25, 0.3) is 6.43 Å². The van der Waals surface area contributed by atoms with Gasteiger partial charge >= 0.3 is 12.1 Å². The Morgan fingerprint density at radius 3 is 2.41 bits per heavy atom. The van der Waals surface area contributed by atoms with E-state index < -0.39 is 31.3 Å². The number of aromatic amines is 1. The lowest BCUT2D eigenvalue weighted by Gasteiger charge is -2.26. The van der Waals surface area contributed by atoms with Crippen molar-refractivity contribution in [1.29, 1.82) is 0 Å². The average Bonchev–Trinajstić information content (AvgIpc) is 3.10. The highest BCUT2D eigenvalue weighted by molar-refractivity contribution is 7.80. The summed E-state index contributed by atoms with van der Waals surface area (Å²) in [5, 5.41) is 2.18. The van der Waals surface area contributed by atoms with E-state index in [9.17, 15) is 22.8 Å². The van der Waals surface area contributed by atoms with Gasteiger partial charge in [-0.25, -0.2) is 22.8 Å². The van der Waals surface area contributed by atoms with Gasteiger partial charge in [-0.15, -0.1) is 0 Å². The largest absolute Gasteiger partial charge is 0.461 e. The number of hydrogen-bond donors (Lipinski definition) is 2. The van der Waals surface area contributed by atoms with Crippen LogP contribution in [-0.2, 0) is 20.8 Å². The number of anilines is 1. The number of thiocarbonyl (C=S) groups is 1. The first-order valence-corrected chi connectivity index (χ1v) is 10.3. The molecule has 1 amide bonds. The third-order valence-corrected chi connectivity index (χ3v) is 4.24. The van der Waals surface area contributed by atoms with Crippen LogP contribution in [0.2, 0.25) is 0 Å². The molecule has 1 unspecified atom stereocenters. The Kier molecular flexibility index (Phi) is 12.0. The van der Waals surface area contributed by atoms with Gasteiger partial charge < -0.3 is 29.0 Å². The second-order valence-corrected chi connectivity index (χ2v) is 7.10. The summed E-state index contributed by atoms with van der Waals surface area (Å²) in [4.78, 5) is 30.5. The Morgan fingerprint density at radius 2 is 1.88 bits per heavy atom. The molecular formula is C19H29F3N4O5S. The van der Waals surface area contributed by atoms with Crippen LogP contribution in [0.1, 0.15) is 30.0 Å². The molecule has 182 valence electrons. The van der Waals surface area contributed by atoms with Gasteiger partial charge in [0.15, 0.2) is 5.11 Å². The Hall–Kier alpha value is -2.38. The monoisotopic (exact) mass is 482 g/mol. The van der Waals surface area contributed by atoms with Crippen molar-refractivity contribution in [1.82, 2.24) is 15.2 Å². The molecule has 1 aromatic rings. The van der Waals surface area contributed by atoms with Crippen LogP contribution in [0.15, 0.2) is 6.07 Å². The van der Waals surface area contributed by atoms with Crippen LogP contribution in [0, 0.1) is 0 Å². The standard InChI is InChI=1S/C19H29F3N4O5S/c1-5-29-17(27)15-13(9-12(23-15)11-25(3)4)26(18(32)24-19(28)30-6-2)7-8-31-14(10-20)16(21)22/h9,14,16,23H,5-8,10-11H2,1-4H3,(H,24,28,32). The zero-order valence-electron chi connectivity index (χ0n) is 18.5. The number of hydrogen-bond acceptors (Lipinski definition) is 7. The average molecular weight is 483 g/mol. The van der Waals surface area contributed by atoms with Crippen molar-refractivity contribution in [2.75, 3.05) is 52.0 Å². The number of amides is 1. The number of aromatic nitrogens is 1. The molecule has 0 spiro atoms. The Balaban J connectivity index is 3.25. The summed E-state index contributed by atoms with van der Waals surface area (Å²) in [7, 11) is 3.65. The minimum atomic E-state index is -3.01. The van der Waals surface area contributed by atoms with Gasteiger partial charge in [-0.05, 0) is 46.2 Å². The predicted molar refractivity (Wildman–Crippen MR) is 116 cm³/mol. The minimum Gasteiger partial charge on any atom is -0.461 e. The highest BCUT2D eigenvalue weighted by atomic mass is 32.1. The lowest BCUT2D eigenvalue weighted by molar-refractivity contribution is -0.0628. The van der Waals surface area contributed by atoms with E-state index in [2.05, 4.69) is 10.3 Å². The van der Waals surface area contributed by atoms with Crippen LogP contribution in [0.3, 0.4) is 0 Å². The number of halogens is 3. The first-order valence-electron chi connectivity index (χ1n) is 9.89. The molecule has 0 saturated carbocycles. The highest BCUT2D eigenvalue weighted by Gasteiger charge is 2.26. The number of alkyl halides is 3. The predicted octanol–water partition coefficient (Wildman–Crippen LogP) is 2.71. The molecule has 9 nitrogen and oxygen atoms in total. The van der Waals surface area contributed by atoms with Gasteiger partial charge in [-0.1, -0.05) is 0 Å². The topological polar surface area (TPSA) is 96.1 Å². The summed E-state index contributed by atoms with van der Waals surface area (Å²) in [5.74, 6) is -0.674. The van der Waals surface area contributed by atoms with E-state index in [0.29, 0.717) is 12.2 Å². The lowest BCUT2D eigenvalue weighted by atomic mass is 10.3. The van der Waals surface area contributed by atoms with Crippen molar-refractivity contribution in [3.63, 3.8) is 0 Å². The van der Waals surface area contributed by atoms with E-state index >= 15 is 0 Å². The van der Waals surface area contributed by atoms with E-state index in [1.54, 1.807) is 19.9 Å². The van der Waals surface area contributed by atoms with Crippen molar-refractivity contribution in [2.24, 2.45) is 0 Å². The number of nitrogens with zero attached hydrogens (tertiary/aromatic N) is 2. The van der Waals surface area contributed by atoms with Gasteiger partial charge in [-0.3, -0.25) is 5.32 Å². The summed E-state index contributed by atoms with van der Waals surface area (Å²) >= 11 is 5.27. The first kappa shape index (κ1) is 27.7. The Bertz CT molecular complexity index is 763. The molecule has 13 heteroatoms. The number of ether oxygens (including phenoxy) is 3. The molecule has 32 heavy (non-hydrogen) atoms. The molecule has 0 aromatic carbocycles. The summed E-state index contributed by atoms with van der Waals surface area (Å²) in [5.41, 5.74) is 0.916. The van der Waals surface area contributed by atoms with Crippen molar-refractivity contribution in [3.8, 4) is 0 Å². The quantitative estimate of drug-likeness (QED) is 0.347. The molecule has 0 saturated heterocycles. The summed E-state index contributed by atoms with van der Waals surface area (Å²) in [6.07, 6.45) is -5.74. The maximum absolute atomic E-state index is 12.8. The second kappa shape index (κ2) is 13.9. The van der Waals surface area contributed by atoms with Gasteiger partial charge in [0, 0.05) is 18.8 Å². The van der Waals surface area contributed by atoms with Crippen LogP contribution in [0.25, 0.3) is 0 Å². The molecule has 0 bridgehead atoms. The number of rotatable bonds is 12. The van der Waals surface area contributed by atoms with E-state index in [1.165, 1.54) is 4.90 Å². The SMILES string of the molecule is CCOC(=O)NC(=S)N(CCOC(CF)C(F)F)c1cc(CN(C)C)[nH]c1C(=O)OCC. The summed E-state index contributed by atoms with van der Waals surface area (Å²) in [6, 6.07) is 1.62. The Morgan fingerprint density at radius 1 is 1.22 bits per heavy atom. The van der Waals surface area contributed by atoms with Crippen LogP contribution in [0.4, 0.5) is 23.7 Å². The minimum absolute atomic E-state index is 0.0487. The molecule has 0 radical (unpaired) electrons. The number of alkyl carbamates (subject to hydrolysis) is 1. The zero-order chi connectivity index (χ0) is 24.3. The van der Waals surface area contributed by atoms with Crippen LogP contribution >= 0.6 is 12.2 Å². The van der Waals surface area contributed by atoms with Gasteiger partial charge in [0.2, 0.25) is 0 Å². The maximum atomic E-state index is 12.8.